The SMILES string of the molecule is CCN1C(=O)C(=C2C=C(C=C3SC(C)=C(C)S3)CC(C)(C)C2)C(=O)N(CC)C1=S. The molecule has 3 aliphatic rings. The molecule has 0 aromatic rings. The molecule has 0 N–H and O–H groups in total. The van der Waals surface area contributed by atoms with Crippen LogP contribution in [-0.4, -0.2) is 39.8 Å². The Bertz CT molecular complexity index is 865. The van der Waals surface area contributed by atoms with E-state index in [1.54, 1.807) is 23.5 Å². The second-order valence-corrected chi connectivity index (χ2v) is 11.4. The first kappa shape index (κ1) is 22.4. The lowest BCUT2D eigenvalue weighted by atomic mass is 9.74. The van der Waals surface area contributed by atoms with E-state index >= 15 is 0 Å². The van der Waals surface area contributed by atoms with E-state index in [0.29, 0.717) is 24.6 Å². The highest BCUT2D eigenvalue weighted by molar-refractivity contribution is 8.28. The second-order valence-electron chi connectivity index (χ2n) is 8.30. The molecule has 4 nitrogen and oxygen atoms in total. The molecule has 29 heavy (non-hydrogen) atoms. The van der Waals surface area contributed by atoms with Crippen molar-refractivity contribution in [2.24, 2.45) is 5.41 Å². The van der Waals surface area contributed by atoms with Crippen LogP contribution in [-0.2, 0) is 9.59 Å². The van der Waals surface area contributed by atoms with Gasteiger partial charge < -0.3 is 0 Å². The van der Waals surface area contributed by atoms with Crippen LogP contribution in [0.2, 0.25) is 0 Å². The van der Waals surface area contributed by atoms with Gasteiger partial charge in [0.1, 0.15) is 5.57 Å². The molecule has 0 unspecified atom stereocenters. The van der Waals surface area contributed by atoms with Crippen LogP contribution in [0.3, 0.4) is 0 Å². The van der Waals surface area contributed by atoms with Crippen LogP contribution in [0.25, 0.3) is 0 Å². The quantitative estimate of drug-likeness (QED) is 0.319. The summed E-state index contributed by atoms with van der Waals surface area (Å²) < 4.78 is 1.25. The van der Waals surface area contributed by atoms with Gasteiger partial charge in [-0.25, -0.2) is 0 Å². The Morgan fingerprint density at radius 1 is 1.03 bits per heavy atom. The first-order valence-corrected chi connectivity index (χ1v) is 12.0. The van der Waals surface area contributed by atoms with Crippen LogP contribution in [0, 0.1) is 5.41 Å². The molecular formula is C22H28N2O2S3. The average molecular weight is 449 g/mol. The van der Waals surface area contributed by atoms with Crippen LogP contribution >= 0.6 is 35.7 Å². The maximum Gasteiger partial charge on any atom is 0.265 e. The van der Waals surface area contributed by atoms with Crippen LogP contribution in [0.1, 0.15) is 54.4 Å². The third-order valence-corrected chi connectivity index (χ3v) is 8.28. The van der Waals surface area contributed by atoms with Gasteiger partial charge in [-0.2, -0.15) is 0 Å². The van der Waals surface area contributed by atoms with Crippen LogP contribution in [0.15, 0.2) is 42.9 Å². The molecule has 2 heterocycles. The molecule has 2 aliphatic heterocycles. The number of carbonyl (C=O) groups is 2. The lowest BCUT2D eigenvalue weighted by molar-refractivity contribution is -0.133. The molecular weight excluding hydrogens is 420 g/mol. The summed E-state index contributed by atoms with van der Waals surface area (Å²) in [4.78, 5) is 32.1. The van der Waals surface area contributed by atoms with Crippen molar-refractivity contribution in [1.29, 1.82) is 0 Å². The highest BCUT2D eigenvalue weighted by Gasteiger charge is 2.41. The number of carbonyl (C=O) groups excluding carboxylic acids is 2. The number of allylic oxidation sites excluding steroid dienone is 6. The summed E-state index contributed by atoms with van der Waals surface area (Å²) in [7, 11) is 0. The monoisotopic (exact) mass is 448 g/mol. The van der Waals surface area contributed by atoms with Crippen molar-refractivity contribution >= 4 is 52.7 Å². The summed E-state index contributed by atoms with van der Waals surface area (Å²) in [6, 6.07) is 0. The summed E-state index contributed by atoms with van der Waals surface area (Å²) in [5, 5.41) is 0.312. The van der Waals surface area contributed by atoms with Crippen molar-refractivity contribution in [3.63, 3.8) is 0 Å². The zero-order valence-electron chi connectivity index (χ0n) is 17.9. The Hall–Kier alpha value is -1.31. The fraction of sp³-hybridized carbons (Fsp3) is 0.500. The predicted molar refractivity (Wildman–Crippen MR) is 127 cm³/mol. The molecule has 1 saturated heterocycles. The number of nitrogens with zero attached hydrogens (tertiary/aromatic N) is 2. The fourth-order valence-electron chi connectivity index (χ4n) is 3.90. The van der Waals surface area contributed by atoms with Gasteiger partial charge in [0, 0.05) is 17.3 Å². The molecule has 3 rings (SSSR count). The lowest BCUT2D eigenvalue weighted by Crippen LogP contribution is -2.56. The molecule has 0 radical (unpaired) electrons. The molecule has 0 bridgehead atoms. The van der Waals surface area contributed by atoms with Gasteiger partial charge in [-0.15, -0.1) is 0 Å². The minimum atomic E-state index is -0.263. The van der Waals surface area contributed by atoms with E-state index < -0.39 is 0 Å². The zero-order chi connectivity index (χ0) is 21.5. The van der Waals surface area contributed by atoms with Crippen LogP contribution < -0.4 is 0 Å². The summed E-state index contributed by atoms with van der Waals surface area (Å²) >= 11 is 8.98. The Morgan fingerprint density at radius 3 is 2.03 bits per heavy atom. The van der Waals surface area contributed by atoms with Gasteiger partial charge in [0.2, 0.25) is 0 Å². The number of thiocarbonyl (C=S) groups is 1. The molecule has 2 amide bonds. The zero-order valence-corrected chi connectivity index (χ0v) is 20.4. The summed E-state index contributed by atoms with van der Waals surface area (Å²) in [5.41, 5.74) is 2.25. The molecule has 0 spiro atoms. The molecule has 0 aromatic heterocycles. The minimum absolute atomic E-state index is 0.0263. The van der Waals surface area contributed by atoms with Gasteiger partial charge in [0.15, 0.2) is 5.11 Å². The van der Waals surface area contributed by atoms with E-state index in [4.69, 9.17) is 12.2 Å². The second kappa shape index (κ2) is 8.44. The number of hydrogen-bond acceptors (Lipinski definition) is 5. The average Bonchev–Trinajstić information content (AvgIpc) is 2.91. The van der Waals surface area contributed by atoms with Gasteiger partial charge in [-0.3, -0.25) is 19.4 Å². The topological polar surface area (TPSA) is 40.6 Å². The first-order valence-electron chi connectivity index (χ1n) is 9.94. The van der Waals surface area contributed by atoms with E-state index in [-0.39, 0.29) is 22.8 Å². The summed E-state index contributed by atoms with van der Waals surface area (Å²) in [6.07, 6.45) is 5.89. The van der Waals surface area contributed by atoms with E-state index in [1.165, 1.54) is 29.4 Å². The Kier molecular flexibility index (Phi) is 6.51. The summed E-state index contributed by atoms with van der Waals surface area (Å²) in [6.45, 7) is 13.4. The van der Waals surface area contributed by atoms with E-state index in [0.717, 1.165) is 12.0 Å². The van der Waals surface area contributed by atoms with Gasteiger partial charge in [-0.1, -0.05) is 43.4 Å². The third kappa shape index (κ3) is 4.42. The van der Waals surface area contributed by atoms with Gasteiger partial charge >= 0.3 is 0 Å². The highest BCUT2D eigenvalue weighted by atomic mass is 32.2. The number of amides is 2. The number of likely N-dealkylation sites (N-methyl/N-ethyl adjacent to an activating group) is 2. The van der Waals surface area contributed by atoms with E-state index in [9.17, 15) is 9.59 Å². The standard InChI is InChI=1S/C22H28N2O2S3/c1-7-23-19(25)18(20(26)24(8-2)21(23)27)16-9-15(11-22(5,6)12-16)10-17-28-13(3)14(4)29-17/h9-10H,7-8,11-12H2,1-6H3. The Labute approximate surface area is 187 Å². The fourth-order valence-corrected chi connectivity index (χ4v) is 6.80. The van der Waals surface area contributed by atoms with Crippen molar-refractivity contribution in [3.8, 4) is 0 Å². The smallest absolute Gasteiger partial charge is 0.265 e. The number of rotatable bonds is 3. The largest absolute Gasteiger partial charge is 0.285 e. The van der Waals surface area contributed by atoms with Crippen molar-refractivity contribution in [3.05, 3.63) is 42.9 Å². The van der Waals surface area contributed by atoms with Crippen molar-refractivity contribution in [2.75, 3.05) is 13.1 Å². The molecule has 7 heteroatoms. The van der Waals surface area contributed by atoms with Crippen molar-refractivity contribution in [1.82, 2.24) is 9.80 Å². The number of thioether (sulfide) groups is 2. The molecule has 0 saturated carbocycles. The maximum absolute atomic E-state index is 13.2. The van der Waals surface area contributed by atoms with Crippen LogP contribution in [0.4, 0.5) is 0 Å². The highest BCUT2D eigenvalue weighted by Crippen LogP contribution is 2.50. The molecule has 0 aromatic carbocycles. The summed E-state index contributed by atoms with van der Waals surface area (Å²) in [5.74, 6) is -0.526. The molecule has 156 valence electrons. The minimum Gasteiger partial charge on any atom is -0.285 e. The Balaban J connectivity index is 2.07. The maximum atomic E-state index is 13.2. The molecule has 0 atom stereocenters. The van der Waals surface area contributed by atoms with Gasteiger partial charge in [-0.05, 0) is 85.2 Å². The van der Waals surface area contributed by atoms with Gasteiger partial charge in [0.25, 0.3) is 11.8 Å². The van der Waals surface area contributed by atoms with Crippen molar-refractivity contribution in [2.45, 2.75) is 54.4 Å². The molecule has 1 fully saturated rings. The lowest BCUT2D eigenvalue weighted by Gasteiger charge is -2.38. The normalized spacial score (nSPS) is 22.8. The van der Waals surface area contributed by atoms with Crippen molar-refractivity contribution < 1.29 is 9.59 Å². The van der Waals surface area contributed by atoms with E-state index in [1.807, 2.05) is 13.8 Å². The predicted octanol–water partition coefficient (Wildman–Crippen LogP) is 5.60. The van der Waals surface area contributed by atoms with E-state index in [2.05, 4.69) is 39.8 Å². The third-order valence-electron chi connectivity index (χ3n) is 5.35. The molecule has 1 aliphatic carbocycles. The number of hydrogen-bond donors (Lipinski definition) is 0. The van der Waals surface area contributed by atoms with Crippen LogP contribution in [0.5, 0.6) is 0 Å². The van der Waals surface area contributed by atoms with Gasteiger partial charge in [0.05, 0.1) is 0 Å². The Morgan fingerprint density at radius 2 is 1.55 bits per heavy atom. The first-order chi connectivity index (χ1) is 13.6.